The Bertz CT molecular complexity index is 300. The molecule has 0 saturated carbocycles. The summed E-state index contributed by atoms with van der Waals surface area (Å²) in [6, 6.07) is 0. The maximum Gasteiger partial charge on any atom is -0.00126 e. The molecule has 1 aliphatic carbocycles. The Labute approximate surface area is 107 Å². The van der Waals surface area contributed by atoms with Gasteiger partial charge in [0.25, 0.3) is 0 Å². The number of allylic oxidation sites excluding steroid dienone is 4. The molecule has 1 aliphatic rings. The van der Waals surface area contributed by atoms with Crippen molar-refractivity contribution in [3.63, 3.8) is 0 Å². The van der Waals surface area contributed by atoms with Crippen LogP contribution in [-0.4, -0.2) is 25.5 Å². The summed E-state index contributed by atoms with van der Waals surface area (Å²) in [7, 11) is 4.29. The van der Waals surface area contributed by atoms with Gasteiger partial charge in [-0.05, 0) is 71.3 Å². The van der Waals surface area contributed by atoms with E-state index < -0.39 is 0 Å². The Hall–Kier alpha value is -0.270. The van der Waals surface area contributed by atoms with Gasteiger partial charge >= 0.3 is 0 Å². The predicted molar refractivity (Wildman–Crippen MR) is 75.3 cm³/mol. The highest BCUT2D eigenvalue weighted by atomic mass is 35.5. The van der Waals surface area contributed by atoms with Crippen molar-refractivity contribution in [1.82, 2.24) is 4.90 Å². The largest absolute Gasteiger partial charge is 0.309 e. The summed E-state index contributed by atoms with van der Waals surface area (Å²) < 4.78 is 0. The molecule has 0 aromatic heterocycles. The number of hydrogen-bond acceptors (Lipinski definition) is 1. The average molecular weight is 244 g/mol. The van der Waals surface area contributed by atoms with Crippen LogP contribution < -0.4 is 0 Å². The van der Waals surface area contributed by atoms with E-state index in [-0.39, 0.29) is 12.4 Å². The summed E-state index contributed by atoms with van der Waals surface area (Å²) in [5.41, 5.74) is 6.33. The molecule has 1 atom stereocenters. The zero-order valence-corrected chi connectivity index (χ0v) is 12.4. The maximum atomic E-state index is 2.35. The normalized spacial score (nSPS) is 20.8. The quantitative estimate of drug-likeness (QED) is 0.720. The van der Waals surface area contributed by atoms with Crippen LogP contribution in [0.5, 0.6) is 0 Å². The highest BCUT2D eigenvalue weighted by Gasteiger charge is 2.22. The lowest BCUT2D eigenvalue weighted by Crippen LogP contribution is -2.13. The van der Waals surface area contributed by atoms with Crippen molar-refractivity contribution in [2.24, 2.45) is 5.92 Å². The number of rotatable bonds is 4. The van der Waals surface area contributed by atoms with Crippen LogP contribution in [0.25, 0.3) is 0 Å². The molecule has 1 unspecified atom stereocenters. The molecule has 2 heteroatoms. The first-order valence-electron chi connectivity index (χ1n) is 5.97. The SMILES string of the molecule is CC1=C(C)C(C)C(CCCN(C)C)=C1C.Cl. The van der Waals surface area contributed by atoms with Gasteiger partial charge in [-0.2, -0.15) is 0 Å². The second-order valence-corrected chi connectivity index (χ2v) is 5.09. The lowest BCUT2D eigenvalue weighted by atomic mass is 9.94. The van der Waals surface area contributed by atoms with E-state index in [0.717, 1.165) is 0 Å². The van der Waals surface area contributed by atoms with Crippen LogP contribution in [0.2, 0.25) is 0 Å². The molecule has 1 nitrogen and oxygen atoms in total. The van der Waals surface area contributed by atoms with Gasteiger partial charge < -0.3 is 4.90 Å². The summed E-state index contributed by atoms with van der Waals surface area (Å²) in [6.45, 7) is 10.4. The first kappa shape index (κ1) is 15.7. The van der Waals surface area contributed by atoms with Crippen LogP contribution in [-0.2, 0) is 0 Å². The third kappa shape index (κ3) is 3.36. The predicted octanol–water partition coefficient (Wildman–Crippen LogP) is 4.05. The maximum absolute atomic E-state index is 2.35. The topological polar surface area (TPSA) is 3.24 Å². The van der Waals surface area contributed by atoms with Gasteiger partial charge in [0.15, 0.2) is 0 Å². The van der Waals surface area contributed by atoms with E-state index in [1.165, 1.54) is 25.0 Å². The van der Waals surface area contributed by atoms with Gasteiger partial charge in [-0.1, -0.05) is 18.1 Å². The Kier molecular flexibility index (Phi) is 6.35. The van der Waals surface area contributed by atoms with E-state index in [2.05, 4.69) is 46.7 Å². The van der Waals surface area contributed by atoms with Crippen molar-refractivity contribution in [3.8, 4) is 0 Å². The number of halogens is 1. The minimum atomic E-state index is 0. The molecule has 0 fully saturated rings. The average Bonchev–Trinajstić information content (AvgIpc) is 2.34. The van der Waals surface area contributed by atoms with E-state index in [4.69, 9.17) is 0 Å². The van der Waals surface area contributed by atoms with Gasteiger partial charge in [0.2, 0.25) is 0 Å². The molecule has 94 valence electrons. The molecule has 0 aromatic rings. The third-order valence-corrected chi connectivity index (χ3v) is 3.86. The summed E-state index contributed by atoms with van der Waals surface area (Å²) >= 11 is 0. The zero-order chi connectivity index (χ0) is 11.6. The lowest BCUT2D eigenvalue weighted by molar-refractivity contribution is 0.398. The highest BCUT2D eigenvalue weighted by Crippen LogP contribution is 2.38. The number of nitrogens with zero attached hydrogens (tertiary/aromatic N) is 1. The summed E-state index contributed by atoms with van der Waals surface area (Å²) in [4.78, 5) is 2.27. The fraction of sp³-hybridized carbons (Fsp3) is 0.714. The van der Waals surface area contributed by atoms with E-state index in [0.29, 0.717) is 5.92 Å². The first-order chi connectivity index (χ1) is 6.95. The van der Waals surface area contributed by atoms with Crippen molar-refractivity contribution in [2.75, 3.05) is 20.6 Å². The molecular weight excluding hydrogens is 218 g/mol. The first-order valence-corrected chi connectivity index (χ1v) is 5.97. The molecule has 0 heterocycles. The molecule has 0 N–H and O–H groups in total. The fourth-order valence-electron chi connectivity index (χ4n) is 2.44. The molecule has 0 bridgehead atoms. The van der Waals surface area contributed by atoms with Crippen LogP contribution in [0.1, 0.15) is 40.5 Å². The molecule has 0 amide bonds. The molecule has 0 spiro atoms. The van der Waals surface area contributed by atoms with Gasteiger partial charge in [0.1, 0.15) is 0 Å². The van der Waals surface area contributed by atoms with Crippen molar-refractivity contribution < 1.29 is 0 Å². The fourth-order valence-corrected chi connectivity index (χ4v) is 2.44. The van der Waals surface area contributed by atoms with Crippen molar-refractivity contribution in [3.05, 3.63) is 22.3 Å². The van der Waals surface area contributed by atoms with Crippen molar-refractivity contribution >= 4 is 12.4 Å². The Morgan fingerprint density at radius 1 is 1.06 bits per heavy atom. The lowest BCUT2D eigenvalue weighted by Gasteiger charge is -2.14. The van der Waals surface area contributed by atoms with Gasteiger partial charge in [-0.15, -0.1) is 12.4 Å². The number of hydrogen-bond donors (Lipinski definition) is 0. The molecule has 0 aromatic carbocycles. The third-order valence-electron chi connectivity index (χ3n) is 3.86. The molecule has 0 aliphatic heterocycles. The van der Waals surface area contributed by atoms with E-state index in [1.54, 1.807) is 16.7 Å². The molecular formula is C14H26ClN. The molecule has 0 radical (unpaired) electrons. The Morgan fingerprint density at radius 3 is 2.00 bits per heavy atom. The highest BCUT2D eigenvalue weighted by molar-refractivity contribution is 5.85. The molecule has 16 heavy (non-hydrogen) atoms. The van der Waals surface area contributed by atoms with Gasteiger partial charge in [-0.25, -0.2) is 0 Å². The Balaban J connectivity index is 0.00000225. The van der Waals surface area contributed by atoms with Crippen LogP contribution >= 0.6 is 12.4 Å². The van der Waals surface area contributed by atoms with E-state index >= 15 is 0 Å². The summed E-state index contributed by atoms with van der Waals surface area (Å²) in [6.07, 6.45) is 2.55. The molecule has 0 saturated heterocycles. The van der Waals surface area contributed by atoms with Crippen LogP contribution in [0.3, 0.4) is 0 Å². The second kappa shape index (κ2) is 6.46. The standard InChI is InChI=1S/C14H25N.ClH/c1-10-11(2)13(4)14(12(10)3)8-7-9-15(5)6;/h12H,7-9H2,1-6H3;1H. The monoisotopic (exact) mass is 243 g/mol. The smallest absolute Gasteiger partial charge is 0.00126 e. The van der Waals surface area contributed by atoms with Crippen LogP contribution in [0.15, 0.2) is 22.3 Å². The Morgan fingerprint density at radius 2 is 1.62 bits per heavy atom. The zero-order valence-electron chi connectivity index (χ0n) is 11.6. The van der Waals surface area contributed by atoms with Crippen molar-refractivity contribution in [2.45, 2.75) is 40.5 Å². The summed E-state index contributed by atoms with van der Waals surface area (Å²) in [5, 5.41) is 0. The minimum Gasteiger partial charge on any atom is -0.309 e. The summed E-state index contributed by atoms with van der Waals surface area (Å²) in [5.74, 6) is 0.687. The van der Waals surface area contributed by atoms with Gasteiger partial charge in [0.05, 0.1) is 0 Å². The van der Waals surface area contributed by atoms with Crippen LogP contribution in [0, 0.1) is 5.92 Å². The van der Waals surface area contributed by atoms with Crippen LogP contribution in [0.4, 0.5) is 0 Å². The van der Waals surface area contributed by atoms with Crippen molar-refractivity contribution in [1.29, 1.82) is 0 Å². The van der Waals surface area contributed by atoms with E-state index in [1.807, 2.05) is 0 Å². The van der Waals surface area contributed by atoms with Gasteiger partial charge in [-0.3, -0.25) is 0 Å². The van der Waals surface area contributed by atoms with E-state index in [9.17, 15) is 0 Å². The minimum absolute atomic E-state index is 0. The molecule has 1 rings (SSSR count). The second-order valence-electron chi connectivity index (χ2n) is 5.09. The van der Waals surface area contributed by atoms with Gasteiger partial charge in [0, 0.05) is 0 Å².